The van der Waals surface area contributed by atoms with E-state index >= 15 is 0 Å². The second kappa shape index (κ2) is 4.16. The van der Waals surface area contributed by atoms with Crippen LogP contribution in [0.5, 0.6) is 0 Å². The van der Waals surface area contributed by atoms with Gasteiger partial charge in [0.25, 0.3) is 0 Å². The summed E-state index contributed by atoms with van der Waals surface area (Å²) in [7, 11) is 0. The fourth-order valence-electron chi connectivity index (χ4n) is 0.869. The maximum atomic E-state index is 11.9. The number of thiophene rings is 1. The summed E-state index contributed by atoms with van der Waals surface area (Å²) < 4.78 is 23.8. The van der Waals surface area contributed by atoms with Crippen molar-refractivity contribution in [1.29, 1.82) is 0 Å². The van der Waals surface area contributed by atoms with Crippen molar-refractivity contribution in [3.05, 3.63) is 21.3 Å². The summed E-state index contributed by atoms with van der Waals surface area (Å²) in [5, 5.41) is 2.22. The van der Waals surface area contributed by atoms with Crippen molar-refractivity contribution in [2.75, 3.05) is 0 Å². The van der Waals surface area contributed by atoms with Crippen LogP contribution >= 0.6 is 22.9 Å². The summed E-state index contributed by atoms with van der Waals surface area (Å²) in [6.07, 6.45) is -2.71. The zero-order valence-electron chi connectivity index (χ0n) is 6.14. The lowest BCUT2D eigenvalue weighted by molar-refractivity contribution is 0.129. The van der Waals surface area contributed by atoms with Crippen LogP contribution in [0.1, 0.15) is 17.3 Å². The summed E-state index contributed by atoms with van der Waals surface area (Å²) in [5.74, 6) is 0. The Bertz CT molecular complexity index is 251. The second-order valence-corrected chi connectivity index (χ2v) is 3.72. The van der Waals surface area contributed by atoms with Crippen molar-refractivity contribution in [2.24, 2.45) is 5.73 Å². The molecular formula is C7H8ClF2NS. The Balaban J connectivity index is 2.65. The smallest absolute Gasteiger partial charge is 0.240 e. The van der Waals surface area contributed by atoms with E-state index in [9.17, 15) is 8.78 Å². The average molecular weight is 212 g/mol. The van der Waals surface area contributed by atoms with Crippen molar-refractivity contribution >= 4 is 22.9 Å². The molecule has 0 spiro atoms. The lowest BCUT2D eigenvalue weighted by Crippen LogP contribution is -2.12. The molecule has 1 rings (SSSR count). The minimum Gasteiger partial charge on any atom is -0.323 e. The molecule has 5 heteroatoms. The SMILES string of the molecule is N[C@@H](CC(F)F)c1sccc1Cl. The molecule has 0 bridgehead atoms. The number of rotatable bonds is 3. The van der Waals surface area contributed by atoms with E-state index in [4.69, 9.17) is 17.3 Å². The molecule has 12 heavy (non-hydrogen) atoms. The highest BCUT2D eigenvalue weighted by Crippen LogP contribution is 2.30. The van der Waals surface area contributed by atoms with Gasteiger partial charge in [0.15, 0.2) is 0 Å². The second-order valence-electron chi connectivity index (χ2n) is 2.37. The number of halogens is 3. The number of hydrogen-bond acceptors (Lipinski definition) is 2. The first kappa shape index (κ1) is 9.89. The van der Waals surface area contributed by atoms with Gasteiger partial charge in [0.05, 0.1) is 5.02 Å². The lowest BCUT2D eigenvalue weighted by atomic mass is 10.2. The summed E-state index contributed by atoms with van der Waals surface area (Å²) in [5.41, 5.74) is 5.49. The molecule has 0 amide bonds. The molecular weight excluding hydrogens is 204 g/mol. The molecule has 1 heterocycles. The van der Waals surface area contributed by atoms with Gasteiger partial charge in [-0.2, -0.15) is 0 Å². The quantitative estimate of drug-likeness (QED) is 0.817. The van der Waals surface area contributed by atoms with Crippen LogP contribution in [0.2, 0.25) is 5.02 Å². The Morgan fingerprint density at radius 2 is 2.25 bits per heavy atom. The molecule has 1 nitrogen and oxygen atoms in total. The third-order valence-electron chi connectivity index (χ3n) is 1.41. The molecule has 0 saturated carbocycles. The molecule has 0 saturated heterocycles. The van der Waals surface area contributed by atoms with Gasteiger partial charge >= 0.3 is 0 Å². The zero-order chi connectivity index (χ0) is 9.14. The van der Waals surface area contributed by atoms with E-state index in [2.05, 4.69) is 0 Å². The molecule has 1 atom stereocenters. The van der Waals surface area contributed by atoms with Gasteiger partial charge in [0.2, 0.25) is 6.43 Å². The van der Waals surface area contributed by atoms with Gasteiger partial charge in [-0.15, -0.1) is 11.3 Å². The van der Waals surface area contributed by atoms with E-state index in [-0.39, 0.29) is 6.42 Å². The summed E-state index contributed by atoms with van der Waals surface area (Å²) in [6, 6.07) is 1.02. The molecule has 1 aromatic rings. The lowest BCUT2D eigenvalue weighted by Gasteiger charge is -2.08. The Hall–Kier alpha value is -0.190. The minimum atomic E-state index is -2.38. The van der Waals surface area contributed by atoms with E-state index in [1.54, 1.807) is 11.4 Å². The van der Waals surface area contributed by atoms with Gasteiger partial charge in [0.1, 0.15) is 0 Å². The molecule has 0 aliphatic heterocycles. The van der Waals surface area contributed by atoms with Gasteiger partial charge in [-0.3, -0.25) is 0 Å². The molecule has 0 aliphatic carbocycles. The average Bonchev–Trinajstić information content (AvgIpc) is 2.33. The van der Waals surface area contributed by atoms with Crippen LogP contribution < -0.4 is 5.73 Å². The third-order valence-corrected chi connectivity index (χ3v) is 2.90. The van der Waals surface area contributed by atoms with E-state index < -0.39 is 12.5 Å². The standard InChI is InChI=1S/C7H8ClF2NS/c8-4-1-2-12-7(4)5(11)3-6(9)10/h1-2,5-6H,3,11H2/t5-/m0/s1. The van der Waals surface area contributed by atoms with Crippen molar-refractivity contribution in [2.45, 2.75) is 18.9 Å². The topological polar surface area (TPSA) is 26.0 Å². The van der Waals surface area contributed by atoms with E-state index in [0.717, 1.165) is 0 Å². The summed E-state index contributed by atoms with van der Waals surface area (Å²) in [4.78, 5) is 0.636. The molecule has 2 N–H and O–H groups in total. The van der Waals surface area contributed by atoms with Crippen LogP contribution in [0.4, 0.5) is 8.78 Å². The number of hydrogen-bond donors (Lipinski definition) is 1. The van der Waals surface area contributed by atoms with Crippen LogP contribution in [0, 0.1) is 0 Å². The highest BCUT2D eigenvalue weighted by molar-refractivity contribution is 7.10. The minimum absolute atomic E-state index is 0.333. The van der Waals surface area contributed by atoms with Crippen LogP contribution in [-0.2, 0) is 0 Å². The van der Waals surface area contributed by atoms with Crippen molar-refractivity contribution in [3.8, 4) is 0 Å². The molecule has 1 aromatic heterocycles. The van der Waals surface area contributed by atoms with E-state index in [1.807, 2.05) is 0 Å². The Morgan fingerprint density at radius 1 is 1.58 bits per heavy atom. The molecule has 0 aromatic carbocycles. The fraction of sp³-hybridized carbons (Fsp3) is 0.429. The largest absolute Gasteiger partial charge is 0.323 e. The molecule has 0 aliphatic rings. The van der Waals surface area contributed by atoms with Gasteiger partial charge in [-0.1, -0.05) is 11.6 Å². The molecule has 0 unspecified atom stereocenters. The highest BCUT2D eigenvalue weighted by atomic mass is 35.5. The van der Waals surface area contributed by atoms with Gasteiger partial charge in [-0.25, -0.2) is 8.78 Å². The van der Waals surface area contributed by atoms with Crippen molar-refractivity contribution < 1.29 is 8.78 Å². The van der Waals surface area contributed by atoms with Crippen LogP contribution in [0.3, 0.4) is 0 Å². The number of nitrogens with two attached hydrogens (primary N) is 1. The van der Waals surface area contributed by atoms with Crippen LogP contribution in [-0.4, -0.2) is 6.43 Å². The molecule has 0 radical (unpaired) electrons. The third kappa shape index (κ3) is 2.40. The normalized spacial score (nSPS) is 13.8. The predicted octanol–water partition coefficient (Wildman–Crippen LogP) is 3.06. The van der Waals surface area contributed by atoms with Crippen molar-refractivity contribution in [1.82, 2.24) is 0 Å². The number of alkyl halides is 2. The first-order valence-corrected chi connectivity index (χ1v) is 4.63. The maximum Gasteiger partial charge on any atom is 0.240 e. The van der Waals surface area contributed by atoms with Crippen molar-refractivity contribution in [3.63, 3.8) is 0 Å². The Morgan fingerprint density at radius 3 is 2.67 bits per heavy atom. The van der Waals surface area contributed by atoms with Crippen LogP contribution in [0.15, 0.2) is 11.4 Å². The Kier molecular flexibility index (Phi) is 3.43. The van der Waals surface area contributed by atoms with Gasteiger partial charge in [-0.05, 0) is 11.4 Å². The zero-order valence-corrected chi connectivity index (χ0v) is 7.71. The van der Waals surface area contributed by atoms with E-state index in [1.165, 1.54) is 11.3 Å². The van der Waals surface area contributed by atoms with Gasteiger partial charge < -0.3 is 5.73 Å². The first-order chi connectivity index (χ1) is 5.61. The maximum absolute atomic E-state index is 11.9. The molecule has 68 valence electrons. The fourth-order valence-corrected chi connectivity index (χ4v) is 2.08. The molecule has 0 fully saturated rings. The monoisotopic (exact) mass is 211 g/mol. The Labute approximate surface area is 78.1 Å². The first-order valence-electron chi connectivity index (χ1n) is 3.38. The van der Waals surface area contributed by atoms with Gasteiger partial charge in [0, 0.05) is 17.3 Å². The summed E-state index contributed by atoms with van der Waals surface area (Å²) >= 11 is 7.01. The summed E-state index contributed by atoms with van der Waals surface area (Å²) in [6.45, 7) is 0. The van der Waals surface area contributed by atoms with E-state index in [0.29, 0.717) is 9.90 Å². The highest BCUT2D eigenvalue weighted by Gasteiger charge is 2.16. The predicted molar refractivity (Wildman–Crippen MR) is 46.9 cm³/mol. The van der Waals surface area contributed by atoms with Crippen LogP contribution in [0.25, 0.3) is 0 Å².